The Bertz CT molecular complexity index is 405. The molecule has 1 aromatic rings. The van der Waals surface area contributed by atoms with Gasteiger partial charge in [-0.3, -0.25) is 4.99 Å². The van der Waals surface area contributed by atoms with Crippen LogP contribution >= 0.6 is 24.0 Å². The van der Waals surface area contributed by atoms with Crippen LogP contribution in [0.1, 0.15) is 25.8 Å². The molecule has 20 heavy (non-hydrogen) atoms. The molecule has 0 aliphatic carbocycles. The van der Waals surface area contributed by atoms with E-state index in [0.717, 1.165) is 19.5 Å². The first kappa shape index (κ1) is 19.1. The number of hydrogen-bond donors (Lipinski definition) is 2. The number of hydrogen-bond acceptors (Lipinski definition) is 1. The monoisotopic (exact) mass is 397 g/mol. The molecule has 2 N–H and O–H groups in total. The lowest BCUT2D eigenvalue weighted by Crippen LogP contribution is -2.38. The van der Waals surface area contributed by atoms with Crippen molar-refractivity contribution in [1.29, 1.82) is 0 Å². The van der Waals surface area contributed by atoms with Crippen molar-refractivity contribution in [3.05, 3.63) is 35.4 Å². The lowest BCUT2D eigenvalue weighted by Gasteiger charge is -2.11. The maximum absolute atomic E-state index is 13.4. The molecule has 1 aromatic carbocycles. The highest BCUT2D eigenvalue weighted by Gasteiger charge is 2.07. The first-order valence-corrected chi connectivity index (χ1v) is 6.64. The molecule has 0 fully saturated rings. The zero-order valence-corrected chi connectivity index (χ0v) is 14.2. The predicted molar refractivity (Wildman–Crippen MR) is 89.7 cm³/mol. The molecule has 0 aliphatic rings. The number of guanidine groups is 1. The van der Waals surface area contributed by atoms with Crippen LogP contribution in [0.25, 0.3) is 0 Å². The Labute approximate surface area is 136 Å². The summed E-state index contributed by atoms with van der Waals surface area (Å²) in [6, 6.07) is 3.91. The molecule has 0 unspecified atom stereocenters. The molecule has 0 saturated carbocycles. The topological polar surface area (TPSA) is 36.4 Å². The zero-order chi connectivity index (χ0) is 14.1. The van der Waals surface area contributed by atoms with Gasteiger partial charge in [0.2, 0.25) is 0 Å². The normalized spacial score (nSPS) is 10.9. The smallest absolute Gasteiger partial charge is 0.191 e. The van der Waals surface area contributed by atoms with Crippen molar-refractivity contribution in [2.75, 3.05) is 19.6 Å². The molecule has 0 saturated heterocycles. The van der Waals surface area contributed by atoms with Crippen molar-refractivity contribution in [2.24, 2.45) is 4.99 Å². The minimum absolute atomic E-state index is 0. The fraction of sp³-hybridized carbons (Fsp3) is 0.500. The maximum Gasteiger partial charge on any atom is 0.191 e. The summed E-state index contributed by atoms with van der Waals surface area (Å²) in [5, 5.41) is 6.15. The molecule has 0 heterocycles. The molecule has 6 heteroatoms. The van der Waals surface area contributed by atoms with Gasteiger partial charge in [-0.05, 0) is 31.9 Å². The summed E-state index contributed by atoms with van der Waals surface area (Å²) in [6.07, 6.45) is 1.24. The first-order chi connectivity index (χ1) is 9.19. The highest BCUT2D eigenvalue weighted by molar-refractivity contribution is 14.0. The number of nitrogens with zero attached hydrogens (tertiary/aromatic N) is 1. The minimum atomic E-state index is -0.503. The minimum Gasteiger partial charge on any atom is -0.357 e. The third-order valence-corrected chi connectivity index (χ3v) is 2.57. The van der Waals surface area contributed by atoms with E-state index in [9.17, 15) is 8.78 Å². The van der Waals surface area contributed by atoms with Gasteiger partial charge in [-0.25, -0.2) is 8.78 Å². The van der Waals surface area contributed by atoms with Crippen molar-refractivity contribution in [2.45, 2.75) is 26.7 Å². The van der Waals surface area contributed by atoms with Gasteiger partial charge in [0.25, 0.3) is 0 Å². The standard InChI is InChI=1S/C14H21F2N3.HI/c1-3-9-18-14(17-4-2)19-10-8-11-12(15)6-5-7-13(11)16;/h5-7H,3-4,8-10H2,1-2H3,(H2,17,18,19);1H. The Morgan fingerprint density at radius 3 is 2.35 bits per heavy atom. The predicted octanol–water partition coefficient (Wildman–Crippen LogP) is 3.09. The van der Waals surface area contributed by atoms with Gasteiger partial charge in [0.15, 0.2) is 5.96 Å². The highest BCUT2D eigenvalue weighted by atomic mass is 127. The summed E-state index contributed by atoms with van der Waals surface area (Å²) in [5.74, 6) is -0.323. The van der Waals surface area contributed by atoms with Crippen LogP contribution in [0.4, 0.5) is 8.78 Å². The Balaban J connectivity index is 0.00000361. The van der Waals surface area contributed by atoms with Gasteiger partial charge >= 0.3 is 0 Å². The average Bonchev–Trinajstić information content (AvgIpc) is 2.39. The highest BCUT2D eigenvalue weighted by Crippen LogP contribution is 2.11. The Kier molecular flexibility index (Phi) is 10.3. The average molecular weight is 397 g/mol. The summed E-state index contributed by atoms with van der Waals surface area (Å²) in [6.45, 7) is 5.93. The van der Waals surface area contributed by atoms with E-state index < -0.39 is 11.6 Å². The summed E-state index contributed by atoms with van der Waals surface area (Å²) < 4.78 is 26.8. The van der Waals surface area contributed by atoms with E-state index in [1.165, 1.54) is 18.2 Å². The Morgan fingerprint density at radius 2 is 1.80 bits per heavy atom. The summed E-state index contributed by atoms with van der Waals surface area (Å²) in [4.78, 5) is 4.31. The molecule has 0 bridgehead atoms. The van der Waals surface area contributed by atoms with Crippen LogP contribution in [0.2, 0.25) is 0 Å². The van der Waals surface area contributed by atoms with Crippen LogP contribution in [0.3, 0.4) is 0 Å². The van der Waals surface area contributed by atoms with Crippen LogP contribution in [0.5, 0.6) is 0 Å². The van der Waals surface area contributed by atoms with Gasteiger partial charge in [-0.1, -0.05) is 13.0 Å². The molecule has 3 nitrogen and oxygen atoms in total. The third kappa shape index (κ3) is 6.49. The lowest BCUT2D eigenvalue weighted by atomic mass is 10.1. The molecule has 114 valence electrons. The summed E-state index contributed by atoms with van der Waals surface area (Å²) >= 11 is 0. The van der Waals surface area contributed by atoms with Gasteiger partial charge in [-0.15, -0.1) is 24.0 Å². The molecule has 0 amide bonds. The molecule has 0 aromatic heterocycles. The van der Waals surface area contributed by atoms with Crippen molar-refractivity contribution in [1.82, 2.24) is 10.6 Å². The van der Waals surface area contributed by atoms with Crippen LogP contribution < -0.4 is 10.6 Å². The molecule has 0 aliphatic heterocycles. The molecule has 1 rings (SSSR count). The van der Waals surface area contributed by atoms with E-state index in [-0.39, 0.29) is 36.0 Å². The first-order valence-electron chi connectivity index (χ1n) is 6.64. The Hall–Kier alpha value is -0.920. The van der Waals surface area contributed by atoms with Gasteiger partial charge in [0.05, 0.1) is 0 Å². The fourth-order valence-corrected chi connectivity index (χ4v) is 1.64. The second-order valence-electron chi connectivity index (χ2n) is 4.14. The fourth-order valence-electron chi connectivity index (χ4n) is 1.64. The number of rotatable bonds is 6. The van der Waals surface area contributed by atoms with Crippen molar-refractivity contribution < 1.29 is 8.78 Å². The quantitative estimate of drug-likeness (QED) is 0.440. The van der Waals surface area contributed by atoms with Crippen LogP contribution in [-0.2, 0) is 6.42 Å². The second kappa shape index (κ2) is 10.8. The van der Waals surface area contributed by atoms with Gasteiger partial charge in [0.1, 0.15) is 11.6 Å². The summed E-state index contributed by atoms with van der Waals surface area (Å²) in [7, 11) is 0. The molecule has 0 atom stereocenters. The van der Waals surface area contributed by atoms with E-state index in [0.29, 0.717) is 12.5 Å². The SMILES string of the molecule is CCCN=C(NCC)NCCc1c(F)cccc1F.I. The Morgan fingerprint density at radius 1 is 1.15 bits per heavy atom. The molecular weight excluding hydrogens is 375 g/mol. The number of halogens is 3. The van der Waals surface area contributed by atoms with E-state index in [1.54, 1.807) is 0 Å². The lowest BCUT2D eigenvalue weighted by molar-refractivity contribution is 0.553. The number of aliphatic imine (C=N–C) groups is 1. The third-order valence-electron chi connectivity index (χ3n) is 2.57. The van der Waals surface area contributed by atoms with Gasteiger partial charge < -0.3 is 10.6 Å². The van der Waals surface area contributed by atoms with Crippen LogP contribution in [0.15, 0.2) is 23.2 Å². The largest absolute Gasteiger partial charge is 0.357 e. The van der Waals surface area contributed by atoms with Crippen molar-refractivity contribution in [3.63, 3.8) is 0 Å². The molecule has 0 spiro atoms. The van der Waals surface area contributed by atoms with Crippen LogP contribution in [-0.4, -0.2) is 25.6 Å². The molecule has 0 radical (unpaired) electrons. The number of benzene rings is 1. The zero-order valence-electron chi connectivity index (χ0n) is 11.9. The second-order valence-corrected chi connectivity index (χ2v) is 4.14. The van der Waals surface area contributed by atoms with Crippen molar-refractivity contribution in [3.8, 4) is 0 Å². The van der Waals surface area contributed by atoms with E-state index in [1.807, 2.05) is 13.8 Å². The van der Waals surface area contributed by atoms with Crippen molar-refractivity contribution >= 4 is 29.9 Å². The maximum atomic E-state index is 13.4. The number of nitrogens with one attached hydrogen (secondary N) is 2. The van der Waals surface area contributed by atoms with Crippen LogP contribution in [0, 0.1) is 11.6 Å². The van der Waals surface area contributed by atoms with E-state index >= 15 is 0 Å². The van der Waals surface area contributed by atoms with Gasteiger partial charge in [0, 0.05) is 25.2 Å². The van der Waals surface area contributed by atoms with E-state index in [4.69, 9.17) is 0 Å². The van der Waals surface area contributed by atoms with E-state index in [2.05, 4.69) is 15.6 Å². The summed E-state index contributed by atoms with van der Waals surface area (Å²) in [5.41, 5.74) is 0.112. The molecular formula is C14H22F2IN3. The van der Waals surface area contributed by atoms with Gasteiger partial charge in [-0.2, -0.15) is 0 Å².